The summed E-state index contributed by atoms with van der Waals surface area (Å²) in [5.41, 5.74) is 1.01. The van der Waals surface area contributed by atoms with Gasteiger partial charge in [0, 0.05) is 0 Å². The van der Waals surface area contributed by atoms with Crippen molar-refractivity contribution >= 4 is 35.2 Å². The highest BCUT2D eigenvalue weighted by molar-refractivity contribution is 6.10. The molecule has 0 bridgehead atoms. The maximum atomic E-state index is 12.7. The smallest absolute Gasteiger partial charge is 0.323 e. The van der Waals surface area contributed by atoms with Crippen LogP contribution in [0.1, 0.15) is 27.2 Å². The van der Waals surface area contributed by atoms with Crippen molar-refractivity contribution < 1.29 is 24.3 Å². The Morgan fingerprint density at radius 2 is 1.85 bits per heavy atom. The summed E-state index contributed by atoms with van der Waals surface area (Å²) in [5, 5.41) is 18.4. The summed E-state index contributed by atoms with van der Waals surface area (Å²) in [5.74, 6) is -2.32. The average Bonchev–Trinajstić information content (AvgIpc) is 2.59. The Labute approximate surface area is 157 Å². The van der Waals surface area contributed by atoms with E-state index in [1.54, 1.807) is 24.3 Å². The first-order chi connectivity index (χ1) is 12.7. The minimum atomic E-state index is -1.42. The molecule has 1 aromatic carbocycles. The van der Waals surface area contributed by atoms with Gasteiger partial charge in [-0.05, 0) is 31.4 Å². The minimum absolute atomic E-state index is 0.0660. The second kappa shape index (κ2) is 8.52. The van der Waals surface area contributed by atoms with Crippen LogP contribution >= 0.6 is 0 Å². The van der Waals surface area contributed by atoms with Crippen LogP contribution in [-0.4, -0.2) is 42.4 Å². The number of fused-ring (bicyclic) bond motifs is 1. The number of nitrogens with zero attached hydrogens (tertiary/aromatic N) is 1. The molecule has 4 amide bonds. The zero-order valence-electron chi connectivity index (χ0n) is 15.4. The Morgan fingerprint density at radius 3 is 2.48 bits per heavy atom. The van der Waals surface area contributed by atoms with E-state index in [-0.39, 0.29) is 18.4 Å². The molecule has 1 aliphatic rings. The van der Waals surface area contributed by atoms with E-state index in [4.69, 9.17) is 0 Å². The molecule has 0 fully saturated rings. The van der Waals surface area contributed by atoms with Gasteiger partial charge in [-0.3, -0.25) is 14.5 Å². The largest absolute Gasteiger partial charge is 0.548 e. The molecular formula is C18H23N4O5-. The first kappa shape index (κ1) is 20.2. The predicted octanol–water partition coefficient (Wildman–Crippen LogP) is -0.176. The van der Waals surface area contributed by atoms with Crippen molar-refractivity contribution in [2.24, 2.45) is 5.92 Å². The molecule has 2 rings (SSSR count). The number of carboxylic acid groups (broad SMARTS) is 1. The van der Waals surface area contributed by atoms with Gasteiger partial charge in [-0.2, -0.15) is 0 Å². The van der Waals surface area contributed by atoms with Gasteiger partial charge in [0.2, 0.25) is 11.8 Å². The minimum Gasteiger partial charge on any atom is -0.548 e. The van der Waals surface area contributed by atoms with Crippen LogP contribution in [0.3, 0.4) is 0 Å². The Bertz CT molecular complexity index is 749. The van der Waals surface area contributed by atoms with Crippen LogP contribution in [0.4, 0.5) is 16.2 Å². The van der Waals surface area contributed by atoms with Gasteiger partial charge < -0.3 is 25.9 Å². The molecule has 9 nitrogen and oxygen atoms in total. The molecule has 3 N–H and O–H groups in total. The van der Waals surface area contributed by atoms with Crippen LogP contribution in [0, 0.1) is 5.92 Å². The standard InChI is InChI=1S/C18H24N4O5/c1-10(2)8-13(16(24)19-11(3)17(25)26)21-18(27)22-9-15(23)20-12-6-4-5-7-14(12)22/h4-7,10-11,13H,8-9H2,1-3H3,(H,19,24)(H,20,23)(H,21,27)(H,25,26)/p-1/t11-,13+/m1/s1. The summed E-state index contributed by atoms with van der Waals surface area (Å²) >= 11 is 0. The number of hydrogen-bond donors (Lipinski definition) is 3. The molecule has 0 saturated carbocycles. The van der Waals surface area contributed by atoms with Gasteiger partial charge in [-0.25, -0.2) is 4.79 Å². The first-order valence-electron chi connectivity index (χ1n) is 8.67. The molecular weight excluding hydrogens is 352 g/mol. The van der Waals surface area contributed by atoms with Crippen molar-refractivity contribution in [3.05, 3.63) is 24.3 Å². The number of hydrogen-bond acceptors (Lipinski definition) is 5. The third-order valence-electron chi connectivity index (χ3n) is 4.05. The number of rotatable bonds is 6. The van der Waals surface area contributed by atoms with E-state index >= 15 is 0 Å². The van der Waals surface area contributed by atoms with Gasteiger partial charge in [0.1, 0.15) is 12.6 Å². The molecule has 9 heteroatoms. The number of carbonyl (C=O) groups is 4. The summed E-state index contributed by atoms with van der Waals surface area (Å²) in [7, 11) is 0. The number of amides is 4. The van der Waals surface area contributed by atoms with Gasteiger partial charge in [-0.1, -0.05) is 26.0 Å². The van der Waals surface area contributed by atoms with Crippen molar-refractivity contribution in [1.29, 1.82) is 0 Å². The van der Waals surface area contributed by atoms with E-state index in [9.17, 15) is 24.3 Å². The van der Waals surface area contributed by atoms with E-state index in [1.807, 2.05) is 13.8 Å². The number of nitrogens with one attached hydrogen (secondary N) is 3. The zero-order valence-corrected chi connectivity index (χ0v) is 15.4. The third-order valence-corrected chi connectivity index (χ3v) is 4.05. The monoisotopic (exact) mass is 375 g/mol. The maximum Gasteiger partial charge on any atom is 0.323 e. The Morgan fingerprint density at radius 1 is 1.19 bits per heavy atom. The number of urea groups is 1. The van der Waals surface area contributed by atoms with Crippen LogP contribution < -0.4 is 26.0 Å². The lowest BCUT2D eigenvalue weighted by Gasteiger charge is -2.31. The number of carboxylic acids is 1. The first-order valence-corrected chi connectivity index (χ1v) is 8.67. The van der Waals surface area contributed by atoms with Crippen LogP contribution in [0.15, 0.2) is 24.3 Å². The molecule has 0 aliphatic carbocycles. The number of benzene rings is 1. The van der Waals surface area contributed by atoms with E-state index < -0.39 is 30.0 Å². The second-order valence-electron chi connectivity index (χ2n) is 6.83. The fraction of sp³-hybridized carbons (Fsp3) is 0.444. The zero-order chi connectivity index (χ0) is 20.1. The molecule has 27 heavy (non-hydrogen) atoms. The van der Waals surface area contributed by atoms with Crippen LogP contribution in [0.25, 0.3) is 0 Å². The molecule has 0 radical (unpaired) electrons. The quantitative estimate of drug-likeness (QED) is 0.635. The van der Waals surface area contributed by atoms with Gasteiger partial charge in [0.05, 0.1) is 23.4 Å². The summed E-state index contributed by atoms with van der Waals surface area (Å²) in [6, 6.07) is 4.07. The highest BCUT2D eigenvalue weighted by Crippen LogP contribution is 2.28. The molecule has 0 aromatic heterocycles. The topological polar surface area (TPSA) is 131 Å². The summed E-state index contributed by atoms with van der Waals surface area (Å²) in [6.45, 7) is 4.84. The molecule has 1 aromatic rings. The third kappa shape index (κ3) is 5.19. The van der Waals surface area contributed by atoms with Gasteiger partial charge in [0.25, 0.3) is 0 Å². The molecule has 2 atom stereocenters. The van der Waals surface area contributed by atoms with E-state index in [0.29, 0.717) is 17.8 Å². The normalized spacial score (nSPS) is 15.4. The van der Waals surface area contributed by atoms with E-state index in [2.05, 4.69) is 16.0 Å². The molecule has 146 valence electrons. The molecule has 0 unspecified atom stereocenters. The number of anilines is 2. The lowest BCUT2D eigenvalue weighted by molar-refractivity contribution is -0.307. The van der Waals surface area contributed by atoms with Crippen molar-refractivity contribution in [2.75, 3.05) is 16.8 Å². The second-order valence-corrected chi connectivity index (χ2v) is 6.83. The Kier molecular flexibility index (Phi) is 6.38. The number of aliphatic carboxylic acids is 1. The Balaban J connectivity index is 2.17. The molecule has 1 heterocycles. The highest BCUT2D eigenvalue weighted by atomic mass is 16.4. The highest BCUT2D eigenvalue weighted by Gasteiger charge is 2.30. The fourth-order valence-electron chi connectivity index (χ4n) is 2.72. The fourth-order valence-corrected chi connectivity index (χ4v) is 2.72. The molecule has 0 saturated heterocycles. The van der Waals surface area contributed by atoms with Crippen LogP contribution in [0.2, 0.25) is 0 Å². The van der Waals surface area contributed by atoms with Crippen molar-refractivity contribution in [3.63, 3.8) is 0 Å². The SMILES string of the molecule is CC(C)C[C@H](NC(=O)N1CC(=O)Nc2ccccc21)C(=O)N[C@H](C)C(=O)[O-]. The van der Waals surface area contributed by atoms with Crippen molar-refractivity contribution in [1.82, 2.24) is 10.6 Å². The number of carbonyl (C=O) groups excluding carboxylic acids is 4. The maximum absolute atomic E-state index is 12.7. The lowest BCUT2D eigenvalue weighted by atomic mass is 10.0. The van der Waals surface area contributed by atoms with E-state index in [1.165, 1.54) is 11.8 Å². The summed E-state index contributed by atoms with van der Waals surface area (Å²) in [6.07, 6.45) is 0.305. The lowest BCUT2D eigenvalue weighted by Crippen LogP contribution is -2.56. The van der Waals surface area contributed by atoms with Gasteiger partial charge >= 0.3 is 6.03 Å². The van der Waals surface area contributed by atoms with Gasteiger partial charge in [-0.15, -0.1) is 0 Å². The van der Waals surface area contributed by atoms with Crippen molar-refractivity contribution in [3.8, 4) is 0 Å². The average molecular weight is 375 g/mol. The van der Waals surface area contributed by atoms with Crippen molar-refractivity contribution in [2.45, 2.75) is 39.3 Å². The van der Waals surface area contributed by atoms with Crippen LogP contribution in [0.5, 0.6) is 0 Å². The summed E-state index contributed by atoms with van der Waals surface area (Å²) in [4.78, 5) is 49.1. The van der Waals surface area contributed by atoms with Crippen LogP contribution in [-0.2, 0) is 14.4 Å². The molecule has 0 spiro atoms. The van der Waals surface area contributed by atoms with Gasteiger partial charge in [0.15, 0.2) is 0 Å². The van der Waals surface area contributed by atoms with E-state index in [0.717, 1.165) is 0 Å². The number of para-hydroxylation sites is 2. The predicted molar refractivity (Wildman–Crippen MR) is 96.8 cm³/mol. The molecule has 1 aliphatic heterocycles. The summed E-state index contributed by atoms with van der Waals surface area (Å²) < 4.78 is 0. The Hall–Kier alpha value is -3.10.